The minimum absolute atomic E-state index is 0.0992. The van der Waals surface area contributed by atoms with Crippen molar-refractivity contribution in [1.29, 1.82) is 0 Å². The third-order valence-corrected chi connectivity index (χ3v) is 4.48. The van der Waals surface area contributed by atoms with Crippen molar-refractivity contribution in [2.75, 3.05) is 12.4 Å². The average molecular weight is 364 g/mol. The molecule has 1 aromatic heterocycles. The van der Waals surface area contributed by atoms with Crippen molar-refractivity contribution >= 4 is 17.5 Å². The first kappa shape index (κ1) is 19.4. The third-order valence-electron chi connectivity index (χ3n) is 3.38. The number of hydrogen-bond acceptors (Lipinski definition) is 7. The topological polar surface area (TPSA) is 90.1 Å². The van der Waals surface area contributed by atoms with Gasteiger partial charge in [-0.2, -0.15) is 0 Å². The van der Waals surface area contributed by atoms with Gasteiger partial charge in [0.15, 0.2) is 5.78 Å². The zero-order chi connectivity index (χ0) is 18.2. The molecule has 0 spiro atoms. The highest BCUT2D eigenvalue weighted by Crippen LogP contribution is 2.18. The van der Waals surface area contributed by atoms with Crippen LogP contribution in [0.25, 0.3) is 0 Å². The molecule has 136 valence electrons. The number of carbonyl (C=O) groups excluding carboxylic acids is 1. The average Bonchev–Trinajstić information content (AvgIpc) is 3.04. The van der Waals surface area contributed by atoms with Crippen LogP contribution in [0.3, 0.4) is 0 Å². The SMILES string of the molecule is CCC(=O)c1ccc(OCC(O)CSc2nnnn2CC(C)C)cc1. The Bertz CT molecular complexity index is 673. The van der Waals surface area contributed by atoms with Crippen LogP contribution in [0.4, 0.5) is 0 Å². The van der Waals surface area contributed by atoms with E-state index >= 15 is 0 Å². The number of thioether (sulfide) groups is 1. The number of aromatic nitrogens is 4. The Morgan fingerprint density at radius 3 is 2.68 bits per heavy atom. The Morgan fingerprint density at radius 2 is 2.04 bits per heavy atom. The van der Waals surface area contributed by atoms with Gasteiger partial charge in [0.05, 0.1) is 6.10 Å². The molecule has 1 atom stereocenters. The van der Waals surface area contributed by atoms with E-state index in [1.807, 2.05) is 6.92 Å². The molecule has 7 nitrogen and oxygen atoms in total. The van der Waals surface area contributed by atoms with E-state index in [0.717, 1.165) is 6.54 Å². The second kappa shape index (κ2) is 9.53. The number of aliphatic hydroxyl groups excluding tert-OH is 1. The van der Waals surface area contributed by atoms with Gasteiger partial charge >= 0.3 is 0 Å². The molecular formula is C17H24N4O3S. The number of aliphatic hydroxyl groups is 1. The molecular weight excluding hydrogens is 340 g/mol. The summed E-state index contributed by atoms with van der Waals surface area (Å²) in [6, 6.07) is 6.96. The molecule has 8 heteroatoms. The Kier molecular flexibility index (Phi) is 7.39. The van der Waals surface area contributed by atoms with Crippen LogP contribution >= 0.6 is 11.8 Å². The number of ether oxygens (including phenoxy) is 1. The summed E-state index contributed by atoms with van der Waals surface area (Å²) in [6.45, 7) is 6.93. The monoisotopic (exact) mass is 364 g/mol. The van der Waals surface area contributed by atoms with Crippen molar-refractivity contribution in [2.24, 2.45) is 5.92 Å². The molecule has 1 N–H and O–H groups in total. The maximum atomic E-state index is 11.6. The standard InChI is InChI=1S/C17H24N4O3S/c1-4-16(23)13-5-7-15(8-6-13)24-10-14(22)11-25-17-18-19-20-21(17)9-12(2)3/h5-8,12,14,22H,4,9-11H2,1-3H3. The smallest absolute Gasteiger partial charge is 0.209 e. The van der Waals surface area contributed by atoms with Crippen LogP contribution in [-0.4, -0.2) is 49.6 Å². The molecule has 1 heterocycles. The Morgan fingerprint density at radius 1 is 1.32 bits per heavy atom. The molecule has 25 heavy (non-hydrogen) atoms. The van der Waals surface area contributed by atoms with Gasteiger partial charge in [-0.3, -0.25) is 4.79 Å². The second-order valence-corrected chi connectivity index (χ2v) is 7.10. The zero-order valence-corrected chi connectivity index (χ0v) is 15.6. The first-order chi connectivity index (χ1) is 12.0. The van der Waals surface area contributed by atoms with E-state index in [0.29, 0.717) is 34.6 Å². The predicted octanol–water partition coefficient (Wildman–Crippen LogP) is 2.45. The lowest BCUT2D eigenvalue weighted by Gasteiger charge is -2.12. The number of benzene rings is 1. The molecule has 1 aromatic carbocycles. The molecule has 2 aromatic rings. The molecule has 0 aliphatic rings. The van der Waals surface area contributed by atoms with Gasteiger partial charge in [-0.05, 0) is 40.6 Å². The summed E-state index contributed by atoms with van der Waals surface area (Å²) < 4.78 is 7.31. The van der Waals surface area contributed by atoms with E-state index in [4.69, 9.17) is 4.74 Å². The van der Waals surface area contributed by atoms with Crippen molar-refractivity contribution in [3.8, 4) is 5.75 Å². The fourth-order valence-electron chi connectivity index (χ4n) is 2.11. The fraction of sp³-hybridized carbons (Fsp3) is 0.529. The number of rotatable bonds is 10. The van der Waals surface area contributed by atoms with E-state index < -0.39 is 6.10 Å². The van der Waals surface area contributed by atoms with Crippen LogP contribution in [0.1, 0.15) is 37.6 Å². The van der Waals surface area contributed by atoms with Gasteiger partial charge < -0.3 is 9.84 Å². The molecule has 0 saturated heterocycles. The molecule has 0 bridgehead atoms. The number of ketones is 1. The van der Waals surface area contributed by atoms with Crippen LogP contribution in [0.15, 0.2) is 29.4 Å². The predicted molar refractivity (Wildman–Crippen MR) is 95.9 cm³/mol. The van der Waals surface area contributed by atoms with Gasteiger partial charge in [-0.25, -0.2) is 4.68 Å². The van der Waals surface area contributed by atoms with Gasteiger partial charge in [0, 0.05) is 24.3 Å². The summed E-state index contributed by atoms with van der Waals surface area (Å²) in [7, 11) is 0. The van der Waals surface area contributed by atoms with Crippen molar-refractivity contribution in [1.82, 2.24) is 20.2 Å². The number of nitrogens with zero attached hydrogens (tertiary/aromatic N) is 4. The Hall–Kier alpha value is -1.93. The van der Waals surface area contributed by atoms with Crippen LogP contribution in [0, 0.1) is 5.92 Å². The third kappa shape index (κ3) is 6.13. The minimum atomic E-state index is -0.647. The first-order valence-corrected chi connectivity index (χ1v) is 9.31. The normalized spacial score (nSPS) is 12.4. The summed E-state index contributed by atoms with van der Waals surface area (Å²) in [5, 5.41) is 22.4. The lowest BCUT2D eigenvalue weighted by molar-refractivity contribution is 0.0987. The quantitative estimate of drug-likeness (QED) is 0.511. The van der Waals surface area contributed by atoms with Crippen molar-refractivity contribution in [2.45, 2.75) is 45.0 Å². The van der Waals surface area contributed by atoms with Crippen LogP contribution in [-0.2, 0) is 6.54 Å². The van der Waals surface area contributed by atoms with E-state index in [9.17, 15) is 9.90 Å². The van der Waals surface area contributed by atoms with E-state index in [-0.39, 0.29) is 12.4 Å². The Labute approximate surface area is 151 Å². The molecule has 0 fully saturated rings. The van der Waals surface area contributed by atoms with E-state index in [2.05, 4.69) is 29.4 Å². The van der Waals surface area contributed by atoms with Crippen molar-refractivity contribution in [3.63, 3.8) is 0 Å². The molecule has 0 radical (unpaired) electrons. The maximum Gasteiger partial charge on any atom is 0.209 e. The molecule has 0 aliphatic heterocycles. The van der Waals surface area contributed by atoms with Gasteiger partial charge in [0.2, 0.25) is 5.16 Å². The highest BCUT2D eigenvalue weighted by Gasteiger charge is 2.12. The van der Waals surface area contributed by atoms with Gasteiger partial charge in [0.1, 0.15) is 12.4 Å². The minimum Gasteiger partial charge on any atom is -0.491 e. The van der Waals surface area contributed by atoms with Crippen LogP contribution in [0.5, 0.6) is 5.75 Å². The summed E-state index contributed by atoms with van der Waals surface area (Å²) in [5.41, 5.74) is 0.669. The number of carbonyl (C=O) groups is 1. The summed E-state index contributed by atoms with van der Waals surface area (Å²) in [4.78, 5) is 11.6. The molecule has 1 unspecified atom stereocenters. The van der Waals surface area contributed by atoms with Gasteiger partial charge in [-0.15, -0.1) is 5.10 Å². The molecule has 2 rings (SSSR count). The van der Waals surface area contributed by atoms with E-state index in [1.165, 1.54) is 11.8 Å². The summed E-state index contributed by atoms with van der Waals surface area (Å²) in [5.74, 6) is 1.60. The van der Waals surface area contributed by atoms with E-state index in [1.54, 1.807) is 28.9 Å². The highest BCUT2D eigenvalue weighted by atomic mass is 32.2. The molecule has 0 aliphatic carbocycles. The fourth-order valence-corrected chi connectivity index (χ4v) is 2.90. The lowest BCUT2D eigenvalue weighted by Crippen LogP contribution is -2.20. The lowest BCUT2D eigenvalue weighted by atomic mass is 10.1. The number of hydrogen-bond donors (Lipinski definition) is 1. The largest absolute Gasteiger partial charge is 0.491 e. The number of Topliss-reactive ketones (excluding diaryl/α,β-unsaturated/α-hetero) is 1. The van der Waals surface area contributed by atoms with Crippen molar-refractivity contribution < 1.29 is 14.6 Å². The van der Waals surface area contributed by atoms with Gasteiger partial charge in [-0.1, -0.05) is 32.5 Å². The number of tetrazole rings is 1. The highest BCUT2D eigenvalue weighted by molar-refractivity contribution is 7.99. The molecule has 0 saturated carbocycles. The van der Waals surface area contributed by atoms with Crippen molar-refractivity contribution in [3.05, 3.63) is 29.8 Å². The van der Waals surface area contributed by atoms with Gasteiger partial charge in [0.25, 0.3) is 0 Å². The molecule has 0 amide bonds. The summed E-state index contributed by atoms with van der Waals surface area (Å²) >= 11 is 1.40. The van der Waals surface area contributed by atoms with Crippen LogP contribution < -0.4 is 4.74 Å². The maximum absolute atomic E-state index is 11.6. The summed E-state index contributed by atoms with van der Waals surface area (Å²) in [6.07, 6.45) is -0.168. The second-order valence-electron chi connectivity index (χ2n) is 6.11. The van der Waals surface area contributed by atoms with Crippen LogP contribution in [0.2, 0.25) is 0 Å². The zero-order valence-electron chi connectivity index (χ0n) is 14.8. The Balaban J connectivity index is 1.78. The first-order valence-electron chi connectivity index (χ1n) is 8.32.